The van der Waals surface area contributed by atoms with E-state index in [1.54, 1.807) is 31.4 Å². The number of amides is 1. The maximum absolute atomic E-state index is 12.5. The minimum absolute atomic E-state index is 0.234. The maximum atomic E-state index is 12.5. The van der Waals surface area contributed by atoms with Gasteiger partial charge >= 0.3 is 0 Å². The molecule has 2 aromatic carbocycles. The molecule has 0 aliphatic heterocycles. The number of hydrogen-bond acceptors (Lipinski definition) is 3. The zero-order valence-corrected chi connectivity index (χ0v) is 14.7. The van der Waals surface area contributed by atoms with E-state index in [0.717, 1.165) is 19.3 Å². The van der Waals surface area contributed by atoms with Crippen molar-refractivity contribution >= 4 is 23.2 Å². The number of para-hydroxylation sites is 1. The van der Waals surface area contributed by atoms with E-state index in [0.29, 0.717) is 34.4 Å². The molecule has 1 amide bonds. The van der Waals surface area contributed by atoms with Gasteiger partial charge in [-0.3, -0.25) is 4.79 Å². The lowest BCUT2D eigenvalue weighted by Gasteiger charge is -2.12. The molecule has 0 unspecified atom stereocenters. The number of carbonyl (C=O) groups is 1. The summed E-state index contributed by atoms with van der Waals surface area (Å²) in [5.74, 6) is 0.919. The van der Waals surface area contributed by atoms with Crippen molar-refractivity contribution in [3.8, 4) is 11.5 Å². The van der Waals surface area contributed by atoms with Gasteiger partial charge in [0, 0.05) is 5.69 Å². The van der Waals surface area contributed by atoms with E-state index in [4.69, 9.17) is 21.1 Å². The van der Waals surface area contributed by atoms with Crippen LogP contribution in [0.15, 0.2) is 42.5 Å². The van der Waals surface area contributed by atoms with Gasteiger partial charge in [-0.05, 0) is 36.8 Å². The SMILES string of the molecule is CCCCCOc1ccccc1C(=O)Nc1ccc(OC)c(Cl)c1. The van der Waals surface area contributed by atoms with Gasteiger partial charge in [0.05, 0.1) is 24.3 Å². The molecule has 0 spiro atoms. The molecule has 128 valence electrons. The van der Waals surface area contributed by atoms with Gasteiger partial charge < -0.3 is 14.8 Å². The Morgan fingerprint density at radius 2 is 1.92 bits per heavy atom. The molecule has 0 aliphatic carbocycles. The highest BCUT2D eigenvalue weighted by atomic mass is 35.5. The number of carbonyl (C=O) groups excluding carboxylic acids is 1. The molecule has 4 nitrogen and oxygen atoms in total. The highest BCUT2D eigenvalue weighted by Gasteiger charge is 2.13. The van der Waals surface area contributed by atoms with E-state index >= 15 is 0 Å². The van der Waals surface area contributed by atoms with E-state index in [2.05, 4.69) is 12.2 Å². The monoisotopic (exact) mass is 347 g/mol. The van der Waals surface area contributed by atoms with Crippen LogP contribution >= 0.6 is 11.6 Å². The zero-order chi connectivity index (χ0) is 17.4. The predicted octanol–water partition coefficient (Wildman–Crippen LogP) is 5.17. The fourth-order valence-corrected chi connectivity index (χ4v) is 2.51. The van der Waals surface area contributed by atoms with Gasteiger partial charge in [-0.2, -0.15) is 0 Å². The Bertz CT molecular complexity index is 688. The minimum Gasteiger partial charge on any atom is -0.495 e. The standard InChI is InChI=1S/C19H22ClNO3/c1-3-4-7-12-24-17-9-6-5-8-15(17)19(22)21-14-10-11-18(23-2)16(20)13-14/h5-6,8-11,13H,3-4,7,12H2,1-2H3,(H,21,22). The lowest BCUT2D eigenvalue weighted by atomic mass is 10.1. The maximum Gasteiger partial charge on any atom is 0.259 e. The first-order chi connectivity index (χ1) is 11.7. The average molecular weight is 348 g/mol. The zero-order valence-electron chi connectivity index (χ0n) is 14.0. The Kier molecular flexibility index (Phi) is 6.94. The van der Waals surface area contributed by atoms with Crippen LogP contribution < -0.4 is 14.8 Å². The number of nitrogens with one attached hydrogen (secondary N) is 1. The summed E-state index contributed by atoms with van der Waals surface area (Å²) in [5, 5.41) is 3.28. The van der Waals surface area contributed by atoms with Crippen molar-refractivity contribution in [3.05, 3.63) is 53.1 Å². The van der Waals surface area contributed by atoms with Crippen LogP contribution in [0, 0.1) is 0 Å². The average Bonchev–Trinajstić information content (AvgIpc) is 2.59. The summed E-state index contributed by atoms with van der Waals surface area (Å²) in [6, 6.07) is 12.3. The van der Waals surface area contributed by atoms with Crippen LogP contribution in [0.1, 0.15) is 36.5 Å². The molecule has 0 aliphatic rings. The van der Waals surface area contributed by atoms with Crippen LogP contribution in [0.5, 0.6) is 11.5 Å². The smallest absolute Gasteiger partial charge is 0.259 e. The lowest BCUT2D eigenvalue weighted by Crippen LogP contribution is -2.14. The molecule has 5 heteroatoms. The van der Waals surface area contributed by atoms with Crippen LogP contribution in [-0.2, 0) is 0 Å². The van der Waals surface area contributed by atoms with Gasteiger partial charge in [0.15, 0.2) is 0 Å². The predicted molar refractivity (Wildman–Crippen MR) is 97.4 cm³/mol. The molecule has 2 rings (SSSR count). The number of unbranched alkanes of at least 4 members (excludes halogenated alkanes) is 2. The summed E-state index contributed by atoms with van der Waals surface area (Å²) in [6.45, 7) is 2.74. The molecule has 0 fully saturated rings. The van der Waals surface area contributed by atoms with Gasteiger partial charge in [0.25, 0.3) is 5.91 Å². The van der Waals surface area contributed by atoms with Crippen molar-refractivity contribution in [2.75, 3.05) is 19.0 Å². The Morgan fingerprint density at radius 1 is 1.12 bits per heavy atom. The van der Waals surface area contributed by atoms with E-state index in [1.165, 1.54) is 0 Å². The first-order valence-electron chi connectivity index (χ1n) is 8.02. The highest BCUT2D eigenvalue weighted by Crippen LogP contribution is 2.28. The number of halogens is 1. The van der Waals surface area contributed by atoms with Gasteiger partial charge in [0.1, 0.15) is 11.5 Å². The van der Waals surface area contributed by atoms with E-state index in [9.17, 15) is 4.79 Å². The van der Waals surface area contributed by atoms with Crippen molar-refractivity contribution in [1.82, 2.24) is 0 Å². The molecule has 0 atom stereocenters. The molecule has 2 aromatic rings. The molecule has 0 saturated heterocycles. The molecule has 1 N–H and O–H groups in total. The molecule has 0 saturated carbocycles. The van der Waals surface area contributed by atoms with Gasteiger partial charge in [-0.1, -0.05) is 43.5 Å². The first kappa shape index (κ1) is 18.1. The van der Waals surface area contributed by atoms with Crippen molar-refractivity contribution < 1.29 is 14.3 Å². The first-order valence-corrected chi connectivity index (χ1v) is 8.40. The third-order valence-electron chi connectivity index (χ3n) is 3.55. The largest absolute Gasteiger partial charge is 0.495 e. The lowest BCUT2D eigenvalue weighted by molar-refractivity contribution is 0.102. The minimum atomic E-state index is -0.234. The van der Waals surface area contributed by atoms with Crippen molar-refractivity contribution in [1.29, 1.82) is 0 Å². The van der Waals surface area contributed by atoms with Crippen LogP contribution in [-0.4, -0.2) is 19.6 Å². The number of benzene rings is 2. The third-order valence-corrected chi connectivity index (χ3v) is 3.84. The number of hydrogen-bond donors (Lipinski definition) is 1. The van der Waals surface area contributed by atoms with E-state index in [-0.39, 0.29) is 5.91 Å². The fraction of sp³-hybridized carbons (Fsp3) is 0.316. The van der Waals surface area contributed by atoms with E-state index < -0.39 is 0 Å². The molecule has 0 heterocycles. The van der Waals surface area contributed by atoms with Crippen molar-refractivity contribution in [2.45, 2.75) is 26.2 Å². The van der Waals surface area contributed by atoms with Gasteiger partial charge in [-0.15, -0.1) is 0 Å². The Morgan fingerprint density at radius 3 is 2.62 bits per heavy atom. The van der Waals surface area contributed by atoms with Crippen molar-refractivity contribution in [3.63, 3.8) is 0 Å². The Hall–Kier alpha value is -2.20. The summed E-state index contributed by atoms with van der Waals surface area (Å²) < 4.78 is 10.9. The Balaban J connectivity index is 2.08. The summed E-state index contributed by atoms with van der Waals surface area (Å²) in [6.07, 6.45) is 3.21. The second-order valence-corrected chi connectivity index (χ2v) is 5.76. The van der Waals surface area contributed by atoms with Crippen LogP contribution in [0.3, 0.4) is 0 Å². The quantitative estimate of drug-likeness (QED) is 0.670. The van der Waals surface area contributed by atoms with Gasteiger partial charge in [-0.25, -0.2) is 0 Å². The third kappa shape index (κ3) is 4.90. The molecular weight excluding hydrogens is 326 g/mol. The molecule has 0 radical (unpaired) electrons. The number of ether oxygens (including phenoxy) is 2. The summed E-state index contributed by atoms with van der Waals surface area (Å²) in [7, 11) is 1.55. The highest BCUT2D eigenvalue weighted by molar-refractivity contribution is 6.32. The summed E-state index contributed by atoms with van der Waals surface area (Å²) >= 11 is 6.09. The number of rotatable bonds is 8. The molecule has 24 heavy (non-hydrogen) atoms. The summed E-state index contributed by atoms with van der Waals surface area (Å²) in [4.78, 5) is 12.5. The molecular formula is C19H22ClNO3. The topological polar surface area (TPSA) is 47.6 Å². The number of anilines is 1. The Labute approximate surface area is 147 Å². The normalized spacial score (nSPS) is 10.3. The fourth-order valence-electron chi connectivity index (χ4n) is 2.26. The molecule has 0 bridgehead atoms. The van der Waals surface area contributed by atoms with E-state index in [1.807, 2.05) is 18.2 Å². The van der Waals surface area contributed by atoms with Crippen LogP contribution in [0.4, 0.5) is 5.69 Å². The van der Waals surface area contributed by atoms with Crippen LogP contribution in [0.25, 0.3) is 0 Å². The van der Waals surface area contributed by atoms with Crippen LogP contribution in [0.2, 0.25) is 5.02 Å². The summed E-state index contributed by atoms with van der Waals surface area (Å²) in [5.41, 5.74) is 1.10. The van der Waals surface area contributed by atoms with Gasteiger partial charge in [0.2, 0.25) is 0 Å². The number of methoxy groups -OCH3 is 1. The second kappa shape index (κ2) is 9.18. The van der Waals surface area contributed by atoms with Crippen molar-refractivity contribution in [2.24, 2.45) is 0 Å². The second-order valence-electron chi connectivity index (χ2n) is 5.36. The molecule has 0 aromatic heterocycles.